The molecule has 0 spiro atoms. The molecule has 2 aromatic carbocycles. The van der Waals surface area contributed by atoms with Crippen LogP contribution in [-0.4, -0.2) is 31.6 Å². The largest absolute Gasteiger partial charge is 0.494 e. The van der Waals surface area contributed by atoms with Gasteiger partial charge in [-0.1, -0.05) is 36.4 Å². The Morgan fingerprint density at radius 3 is 2.52 bits per heavy atom. The van der Waals surface area contributed by atoms with E-state index in [1.165, 1.54) is 18.1 Å². The molecule has 2 rings (SSSR count). The molecule has 4 nitrogen and oxygen atoms in total. The SMILES string of the molecule is COc1ccc(CN(C)C(=O)COCc2ccccc2)cc1F. The molecule has 0 aliphatic rings. The first kappa shape index (κ1) is 17.0. The molecule has 0 bridgehead atoms. The Labute approximate surface area is 135 Å². The van der Waals surface area contributed by atoms with Crippen LogP contribution in [0.25, 0.3) is 0 Å². The van der Waals surface area contributed by atoms with Crippen LogP contribution in [0.1, 0.15) is 11.1 Å². The Morgan fingerprint density at radius 2 is 1.87 bits per heavy atom. The van der Waals surface area contributed by atoms with E-state index in [1.807, 2.05) is 30.3 Å². The van der Waals surface area contributed by atoms with Crippen molar-refractivity contribution in [1.82, 2.24) is 4.90 Å². The average molecular weight is 317 g/mol. The number of rotatable bonds is 7. The number of nitrogens with zero attached hydrogens (tertiary/aromatic N) is 1. The number of carbonyl (C=O) groups excluding carboxylic acids is 1. The summed E-state index contributed by atoms with van der Waals surface area (Å²) in [5.74, 6) is -0.405. The van der Waals surface area contributed by atoms with Gasteiger partial charge in [0.05, 0.1) is 13.7 Å². The Hall–Kier alpha value is -2.40. The highest BCUT2D eigenvalue weighted by Gasteiger charge is 2.11. The Balaban J connectivity index is 1.81. The minimum Gasteiger partial charge on any atom is -0.494 e. The van der Waals surface area contributed by atoms with Gasteiger partial charge in [-0.05, 0) is 23.3 Å². The molecule has 0 unspecified atom stereocenters. The van der Waals surface area contributed by atoms with E-state index < -0.39 is 5.82 Å². The molecule has 0 aliphatic carbocycles. The fourth-order valence-electron chi connectivity index (χ4n) is 2.11. The third-order valence-corrected chi connectivity index (χ3v) is 3.40. The lowest BCUT2D eigenvalue weighted by molar-refractivity contribution is -0.135. The zero-order valence-corrected chi connectivity index (χ0v) is 13.3. The van der Waals surface area contributed by atoms with Gasteiger partial charge in [0.25, 0.3) is 0 Å². The summed E-state index contributed by atoms with van der Waals surface area (Å²) in [6.45, 7) is 0.691. The summed E-state index contributed by atoms with van der Waals surface area (Å²) >= 11 is 0. The molecule has 0 radical (unpaired) electrons. The highest BCUT2D eigenvalue weighted by Crippen LogP contribution is 2.18. The highest BCUT2D eigenvalue weighted by molar-refractivity contribution is 5.77. The Bertz CT molecular complexity index is 646. The molecule has 122 valence electrons. The van der Waals surface area contributed by atoms with E-state index in [1.54, 1.807) is 19.2 Å². The van der Waals surface area contributed by atoms with Crippen LogP contribution in [0.4, 0.5) is 4.39 Å². The number of likely N-dealkylation sites (N-methyl/N-ethyl adjacent to an activating group) is 1. The summed E-state index contributed by atoms with van der Waals surface area (Å²) in [7, 11) is 3.08. The molecule has 1 amide bonds. The van der Waals surface area contributed by atoms with Crippen LogP contribution in [0.15, 0.2) is 48.5 Å². The number of ether oxygens (including phenoxy) is 2. The Kier molecular flexibility index (Phi) is 6.11. The first-order chi connectivity index (χ1) is 11.1. The molecule has 0 saturated heterocycles. The quantitative estimate of drug-likeness (QED) is 0.788. The molecule has 0 fully saturated rings. The highest BCUT2D eigenvalue weighted by atomic mass is 19.1. The summed E-state index contributed by atoms with van der Waals surface area (Å²) in [6, 6.07) is 14.3. The zero-order valence-electron chi connectivity index (χ0n) is 13.3. The summed E-state index contributed by atoms with van der Waals surface area (Å²) in [5.41, 5.74) is 1.71. The van der Waals surface area contributed by atoms with Crippen molar-refractivity contribution in [2.75, 3.05) is 20.8 Å². The molecule has 23 heavy (non-hydrogen) atoms. The van der Waals surface area contributed by atoms with Crippen molar-refractivity contribution in [1.29, 1.82) is 0 Å². The van der Waals surface area contributed by atoms with Crippen LogP contribution in [0.3, 0.4) is 0 Å². The normalized spacial score (nSPS) is 10.4. The first-order valence-electron chi connectivity index (χ1n) is 7.28. The van der Waals surface area contributed by atoms with Gasteiger partial charge in [-0.25, -0.2) is 4.39 Å². The van der Waals surface area contributed by atoms with Gasteiger partial charge in [0, 0.05) is 13.6 Å². The molecule has 0 heterocycles. The van der Waals surface area contributed by atoms with E-state index in [4.69, 9.17) is 9.47 Å². The van der Waals surface area contributed by atoms with Crippen LogP contribution >= 0.6 is 0 Å². The maximum Gasteiger partial charge on any atom is 0.248 e. The third-order valence-electron chi connectivity index (χ3n) is 3.40. The molecule has 0 atom stereocenters. The molecular weight excluding hydrogens is 297 g/mol. The lowest BCUT2D eigenvalue weighted by Crippen LogP contribution is -2.29. The van der Waals surface area contributed by atoms with Gasteiger partial charge >= 0.3 is 0 Å². The predicted octanol–water partition coefficient (Wildman–Crippen LogP) is 3.01. The van der Waals surface area contributed by atoms with E-state index in [2.05, 4.69) is 0 Å². The third kappa shape index (κ3) is 5.07. The van der Waals surface area contributed by atoms with Gasteiger partial charge in [-0.15, -0.1) is 0 Å². The van der Waals surface area contributed by atoms with Gasteiger partial charge in [-0.2, -0.15) is 0 Å². The second-order valence-electron chi connectivity index (χ2n) is 5.20. The molecule has 0 aliphatic heterocycles. The number of carbonyl (C=O) groups is 1. The van der Waals surface area contributed by atoms with E-state index in [-0.39, 0.29) is 18.3 Å². The van der Waals surface area contributed by atoms with Crippen molar-refractivity contribution in [3.05, 3.63) is 65.5 Å². The molecule has 2 aromatic rings. The van der Waals surface area contributed by atoms with Gasteiger partial charge in [-0.3, -0.25) is 4.79 Å². The van der Waals surface area contributed by atoms with E-state index >= 15 is 0 Å². The fraction of sp³-hybridized carbons (Fsp3) is 0.278. The maximum atomic E-state index is 13.6. The van der Waals surface area contributed by atoms with Crippen LogP contribution in [-0.2, 0) is 22.7 Å². The number of benzene rings is 2. The van der Waals surface area contributed by atoms with Crippen molar-refractivity contribution in [2.24, 2.45) is 0 Å². The minimum absolute atomic E-state index is 0.00989. The second kappa shape index (κ2) is 8.29. The zero-order chi connectivity index (χ0) is 16.7. The van der Waals surface area contributed by atoms with Crippen molar-refractivity contribution in [2.45, 2.75) is 13.2 Å². The van der Waals surface area contributed by atoms with Crippen LogP contribution in [0.2, 0.25) is 0 Å². The molecule has 0 N–H and O–H groups in total. The fourth-order valence-corrected chi connectivity index (χ4v) is 2.11. The topological polar surface area (TPSA) is 38.8 Å². The van der Waals surface area contributed by atoms with Crippen molar-refractivity contribution in [3.8, 4) is 5.75 Å². The van der Waals surface area contributed by atoms with Crippen molar-refractivity contribution in [3.63, 3.8) is 0 Å². The van der Waals surface area contributed by atoms with Gasteiger partial charge < -0.3 is 14.4 Å². The van der Waals surface area contributed by atoms with Crippen LogP contribution in [0, 0.1) is 5.82 Å². The average Bonchev–Trinajstić information content (AvgIpc) is 2.56. The number of amides is 1. The van der Waals surface area contributed by atoms with Crippen molar-refractivity contribution >= 4 is 5.91 Å². The number of methoxy groups -OCH3 is 1. The second-order valence-corrected chi connectivity index (χ2v) is 5.20. The van der Waals surface area contributed by atoms with Gasteiger partial charge in [0.15, 0.2) is 11.6 Å². The Morgan fingerprint density at radius 1 is 1.13 bits per heavy atom. The summed E-state index contributed by atoms with van der Waals surface area (Å²) in [4.78, 5) is 13.5. The maximum absolute atomic E-state index is 13.6. The summed E-state index contributed by atoms with van der Waals surface area (Å²) in [5, 5.41) is 0. The smallest absolute Gasteiger partial charge is 0.248 e. The van der Waals surface area contributed by atoms with E-state index in [9.17, 15) is 9.18 Å². The lowest BCUT2D eigenvalue weighted by Gasteiger charge is -2.17. The van der Waals surface area contributed by atoms with Gasteiger partial charge in [0.2, 0.25) is 5.91 Å². The molecular formula is C18H20FNO3. The van der Waals surface area contributed by atoms with E-state index in [0.717, 1.165) is 5.56 Å². The van der Waals surface area contributed by atoms with E-state index in [0.29, 0.717) is 18.7 Å². The number of hydrogen-bond donors (Lipinski definition) is 0. The number of halogens is 1. The van der Waals surface area contributed by atoms with Crippen LogP contribution in [0.5, 0.6) is 5.75 Å². The minimum atomic E-state index is -0.439. The van der Waals surface area contributed by atoms with Crippen molar-refractivity contribution < 1.29 is 18.7 Å². The molecule has 0 saturated carbocycles. The standard InChI is InChI=1S/C18H20FNO3/c1-20(11-15-8-9-17(22-2)16(19)10-15)18(21)13-23-12-14-6-4-3-5-7-14/h3-10H,11-13H2,1-2H3. The molecule has 5 heteroatoms. The number of hydrogen-bond acceptors (Lipinski definition) is 3. The monoisotopic (exact) mass is 317 g/mol. The lowest BCUT2D eigenvalue weighted by atomic mass is 10.2. The predicted molar refractivity (Wildman–Crippen MR) is 85.5 cm³/mol. The van der Waals surface area contributed by atoms with Gasteiger partial charge in [0.1, 0.15) is 6.61 Å². The van der Waals surface area contributed by atoms with Crippen LogP contribution < -0.4 is 4.74 Å². The molecule has 0 aromatic heterocycles. The summed E-state index contributed by atoms with van der Waals surface area (Å²) < 4.78 is 23.9. The first-order valence-corrected chi connectivity index (χ1v) is 7.28. The summed E-state index contributed by atoms with van der Waals surface area (Å²) in [6.07, 6.45) is 0.